The minimum absolute atomic E-state index is 0.0475. The van der Waals surface area contributed by atoms with Crippen LogP contribution in [0.15, 0.2) is 11.0 Å². The van der Waals surface area contributed by atoms with Crippen molar-refractivity contribution >= 4 is 17.7 Å². The highest BCUT2D eigenvalue weighted by Gasteiger charge is 2.12. The van der Waals surface area contributed by atoms with Crippen molar-refractivity contribution in [3.8, 4) is 11.8 Å². The molecule has 1 rings (SSSR count). The molecule has 0 unspecified atom stereocenters. The van der Waals surface area contributed by atoms with Crippen LogP contribution in [-0.2, 0) is 11.3 Å². The summed E-state index contributed by atoms with van der Waals surface area (Å²) in [5.41, 5.74) is 0. The van der Waals surface area contributed by atoms with Crippen LogP contribution in [0.5, 0.6) is 11.8 Å². The van der Waals surface area contributed by atoms with Crippen molar-refractivity contribution in [2.24, 2.45) is 0 Å². The molecule has 3 N–H and O–H groups in total. The van der Waals surface area contributed by atoms with Crippen LogP contribution in [0.2, 0.25) is 0 Å². The second-order valence-electron chi connectivity index (χ2n) is 4.03. The number of nitrogens with one attached hydrogen (secondary N) is 1. The van der Waals surface area contributed by atoms with Gasteiger partial charge in [0.1, 0.15) is 0 Å². The van der Waals surface area contributed by atoms with E-state index in [1.54, 1.807) is 13.1 Å². The number of rotatable bonds is 7. The molecule has 1 amide bonds. The van der Waals surface area contributed by atoms with Gasteiger partial charge in [0.2, 0.25) is 11.8 Å². The van der Waals surface area contributed by atoms with E-state index >= 15 is 0 Å². The largest absolute Gasteiger partial charge is 0.494 e. The van der Waals surface area contributed by atoms with E-state index in [-0.39, 0.29) is 17.7 Å². The Kier molecular flexibility index (Phi) is 5.91. The maximum absolute atomic E-state index is 11.0. The summed E-state index contributed by atoms with van der Waals surface area (Å²) < 4.78 is 1.49. The molecule has 6 heteroatoms. The van der Waals surface area contributed by atoms with Crippen LogP contribution in [0.3, 0.4) is 0 Å². The van der Waals surface area contributed by atoms with Gasteiger partial charge in [-0.25, -0.2) is 0 Å². The number of carbonyl (C=O) groups excluding carboxylic acids is 1. The van der Waals surface area contributed by atoms with Gasteiger partial charge in [0, 0.05) is 26.1 Å². The lowest BCUT2D eigenvalue weighted by molar-refractivity contribution is -0.120. The summed E-state index contributed by atoms with van der Waals surface area (Å²) >= 11 is 1.40. The van der Waals surface area contributed by atoms with Crippen LogP contribution >= 0.6 is 11.8 Å². The Balaban J connectivity index is 2.35. The van der Waals surface area contributed by atoms with Crippen molar-refractivity contribution in [3.05, 3.63) is 6.07 Å². The van der Waals surface area contributed by atoms with Gasteiger partial charge in [-0.05, 0) is 19.1 Å². The van der Waals surface area contributed by atoms with E-state index in [4.69, 9.17) is 0 Å². The number of carbonyl (C=O) groups is 1. The van der Waals surface area contributed by atoms with E-state index in [0.717, 1.165) is 19.3 Å². The molecule has 0 aliphatic rings. The van der Waals surface area contributed by atoms with Crippen molar-refractivity contribution in [3.63, 3.8) is 0 Å². The lowest BCUT2D eigenvalue weighted by Gasteiger charge is -2.06. The zero-order valence-electron chi connectivity index (χ0n) is 10.8. The SMILES string of the molecule is CNC(=O)CCCCCn1c(O)cc(SC)c1O. The molecule has 0 atom stereocenters. The van der Waals surface area contributed by atoms with Crippen LogP contribution in [-0.4, -0.2) is 34.0 Å². The van der Waals surface area contributed by atoms with E-state index in [1.807, 2.05) is 6.26 Å². The predicted molar refractivity (Wildman–Crippen MR) is 72.1 cm³/mol. The first-order valence-corrected chi connectivity index (χ1v) is 7.18. The van der Waals surface area contributed by atoms with Gasteiger partial charge in [-0.1, -0.05) is 6.42 Å². The molecule has 0 aliphatic heterocycles. The summed E-state index contributed by atoms with van der Waals surface area (Å²) in [6.45, 7) is 0.561. The van der Waals surface area contributed by atoms with E-state index in [1.165, 1.54) is 16.3 Å². The number of unbranched alkanes of at least 4 members (excludes halogenated alkanes) is 2. The third kappa shape index (κ3) is 3.87. The minimum atomic E-state index is 0.0475. The molecule has 5 nitrogen and oxygen atoms in total. The lowest BCUT2D eigenvalue weighted by atomic mass is 10.2. The quantitative estimate of drug-likeness (QED) is 0.524. The Morgan fingerprint density at radius 2 is 2.11 bits per heavy atom. The van der Waals surface area contributed by atoms with E-state index < -0.39 is 0 Å². The molecule has 1 aromatic rings. The summed E-state index contributed by atoms with van der Waals surface area (Å²) in [6, 6.07) is 1.56. The molecule has 0 aromatic carbocycles. The number of hydrogen-bond donors (Lipinski definition) is 3. The third-order valence-corrected chi connectivity index (χ3v) is 3.54. The molecular formula is C12H20N2O3S. The highest BCUT2D eigenvalue weighted by atomic mass is 32.2. The van der Waals surface area contributed by atoms with Crippen LogP contribution in [0.1, 0.15) is 25.7 Å². The molecule has 102 valence electrons. The molecule has 0 saturated carbocycles. The topological polar surface area (TPSA) is 74.5 Å². The molecule has 0 fully saturated rings. The normalized spacial score (nSPS) is 10.6. The Hall–Kier alpha value is -1.30. The maximum Gasteiger partial charge on any atom is 0.219 e. The van der Waals surface area contributed by atoms with Gasteiger partial charge >= 0.3 is 0 Å². The molecule has 0 saturated heterocycles. The van der Waals surface area contributed by atoms with Gasteiger partial charge < -0.3 is 15.5 Å². The standard InChI is InChI=1S/C12H20N2O3S/c1-13-10(15)6-4-3-5-7-14-11(16)8-9(18-2)12(14)17/h8,16-17H,3-7H2,1-2H3,(H,13,15). The van der Waals surface area contributed by atoms with Gasteiger partial charge in [-0.3, -0.25) is 9.36 Å². The molecule has 0 spiro atoms. The number of aromatic nitrogens is 1. The molecule has 0 radical (unpaired) electrons. The van der Waals surface area contributed by atoms with Crippen LogP contribution in [0.25, 0.3) is 0 Å². The smallest absolute Gasteiger partial charge is 0.219 e. The average molecular weight is 272 g/mol. The van der Waals surface area contributed by atoms with Crippen LogP contribution < -0.4 is 5.32 Å². The first-order chi connectivity index (χ1) is 8.60. The van der Waals surface area contributed by atoms with Crippen molar-refractivity contribution < 1.29 is 15.0 Å². The van der Waals surface area contributed by atoms with Crippen LogP contribution in [0, 0.1) is 0 Å². The summed E-state index contributed by atoms with van der Waals surface area (Å²) in [6.07, 6.45) is 4.90. The Labute approximate surface area is 111 Å². The van der Waals surface area contributed by atoms with Gasteiger partial charge in [0.15, 0.2) is 5.88 Å². The summed E-state index contributed by atoms with van der Waals surface area (Å²) in [4.78, 5) is 11.7. The molecule has 18 heavy (non-hydrogen) atoms. The Bertz CT molecular complexity index is 404. The van der Waals surface area contributed by atoms with Gasteiger partial charge in [0.25, 0.3) is 0 Å². The summed E-state index contributed by atoms with van der Waals surface area (Å²) in [7, 11) is 1.63. The molecule has 0 aliphatic carbocycles. The Morgan fingerprint density at radius 1 is 1.39 bits per heavy atom. The number of nitrogens with zero attached hydrogens (tertiary/aromatic N) is 1. The highest BCUT2D eigenvalue weighted by molar-refractivity contribution is 7.98. The second-order valence-corrected chi connectivity index (χ2v) is 4.88. The van der Waals surface area contributed by atoms with Gasteiger partial charge in [0.05, 0.1) is 4.90 Å². The monoisotopic (exact) mass is 272 g/mol. The number of hydrogen-bond acceptors (Lipinski definition) is 4. The van der Waals surface area contributed by atoms with E-state index in [2.05, 4.69) is 5.32 Å². The van der Waals surface area contributed by atoms with Crippen molar-refractivity contribution in [2.45, 2.75) is 37.1 Å². The first-order valence-electron chi connectivity index (χ1n) is 5.96. The number of amides is 1. The average Bonchev–Trinajstić information content (AvgIpc) is 2.64. The fourth-order valence-electron chi connectivity index (χ4n) is 1.73. The van der Waals surface area contributed by atoms with Crippen molar-refractivity contribution in [1.29, 1.82) is 0 Å². The molecular weight excluding hydrogens is 252 g/mol. The van der Waals surface area contributed by atoms with E-state index in [0.29, 0.717) is 17.9 Å². The summed E-state index contributed by atoms with van der Waals surface area (Å²) in [5, 5.41) is 22.0. The van der Waals surface area contributed by atoms with E-state index in [9.17, 15) is 15.0 Å². The summed E-state index contributed by atoms with van der Waals surface area (Å²) in [5.74, 6) is 0.251. The fraction of sp³-hybridized carbons (Fsp3) is 0.583. The van der Waals surface area contributed by atoms with Crippen molar-refractivity contribution in [1.82, 2.24) is 9.88 Å². The van der Waals surface area contributed by atoms with Gasteiger partial charge in [-0.2, -0.15) is 0 Å². The minimum Gasteiger partial charge on any atom is -0.494 e. The predicted octanol–water partition coefficient (Wildman–Crippen LogP) is 1.93. The molecule has 0 bridgehead atoms. The van der Waals surface area contributed by atoms with Gasteiger partial charge in [-0.15, -0.1) is 11.8 Å². The zero-order chi connectivity index (χ0) is 13.5. The Morgan fingerprint density at radius 3 is 2.67 bits per heavy atom. The fourth-order valence-corrected chi connectivity index (χ4v) is 2.25. The number of thioether (sulfide) groups is 1. The lowest BCUT2D eigenvalue weighted by Crippen LogP contribution is -2.16. The van der Waals surface area contributed by atoms with Crippen molar-refractivity contribution in [2.75, 3.05) is 13.3 Å². The highest BCUT2D eigenvalue weighted by Crippen LogP contribution is 2.34. The zero-order valence-corrected chi connectivity index (χ0v) is 11.6. The number of aromatic hydroxyl groups is 2. The first kappa shape index (κ1) is 14.8. The second kappa shape index (κ2) is 7.20. The molecule has 1 aromatic heterocycles. The maximum atomic E-state index is 11.0. The van der Waals surface area contributed by atoms with Crippen LogP contribution in [0.4, 0.5) is 0 Å². The third-order valence-electron chi connectivity index (χ3n) is 2.80. The molecule has 1 heterocycles.